The van der Waals surface area contributed by atoms with E-state index in [4.69, 9.17) is 4.74 Å². The summed E-state index contributed by atoms with van der Waals surface area (Å²) in [6.07, 6.45) is 1.75. The van der Waals surface area contributed by atoms with E-state index in [0.29, 0.717) is 12.8 Å². The van der Waals surface area contributed by atoms with E-state index in [1.807, 2.05) is 27.7 Å². The van der Waals surface area contributed by atoms with Gasteiger partial charge in [0.1, 0.15) is 11.6 Å². The van der Waals surface area contributed by atoms with Gasteiger partial charge in [0.2, 0.25) is 11.8 Å². The Balaban J connectivity index is 2.16. The van der Waals surface area contributed by atoms with E-state index in [9.17, 15) is 24.6 Å². The smallest absolute Gasteiger partial charge is 0.310 e. The second-order valence-electron chi connectivity index (χ2n) is 9.40. The highest BCUT2D eigenvalue weighted by molar-refractivity contribution is 9.09. The molecule has 3 saturated heterocycles. The lowest BCUT2D eigenvalue weighted by Crippen LogP contribution is -2.61. The molecule has 0 aromatic carbocycles. The molecule has 168 valence electrons. The molecular formula is C21H31BrN2O6. The second kappa shape index (κ2) is 7.91. The maximum Gasteiger partial charge on any atom is 0.310 e. The van der Waals surface area contributed by atoms with Crippen LogP contribution in [0, 0.1) is 11.8 Å². The number of aliphatic hydroxyl groups excluding tert-OH is 1. The molecule has 3 rings (SSSR count). The molecule has 0 aromatic rings. The summed E-state index contributed by atoms with van der Waals surface area (Å²) in [6, 6.07) is -1.59. The van der Waals surface area contributed by atoms with Crippen LogP contribution in [0.25, 0.3) is 0 Å². The molecule has 3 unspecified atom stereocenters. The number of hydrogen-bond donors (Lipinski definition) is 2. The third kappa shape index (κ3) is 3.20. The highest BCUT2D eigenvalue weighted by atomic mass is 79.9. The van der Waals surface area contributed by atoms with Gasteiger partial charge in [-0.3, -0.25) is 14.4 Å². The number of fused-ring (bicyclic) bond motifs is 1. The highest BCUT2D eigenvalue weighted by Crippen LogP contribution is 2.60. The van der Waals surface area contributed by atoms with Crippen LogP contribution in [0.15, 0.2) is 12.7 Å². The number of ether oxygens (including phenoxy) is 1. The highest BCUT2D eigenvalue weighted by Gasteiger charge is 2.77. The minimum atomic E-state index is -1.23. The van der Waals surface area contributed by atoms with Gasteiger partial charge >= 0.3 is 5.97 Å². The van der Waals surface area contributed by atoms with Gasteiger partial charge in [-0.05, 0) is 33.6 Å². The van der Waals surface area contributed by atoms with E-state index >= 15 is 0 Å². The van der Waals surface area contributed by atoms with Crippen LogP contribution < -0.4 is 0 Å². The van der Waals surface area contributed by atoms with Crippen LogP contribution in [0.4, 0.5) is 0 Å². The van der Waals surface area contributed by atoms with Gasteiger partial charge in [-0.1, -0.05) is 28.9 Å². The van der Waals surface area contributed by atoms with Crippen molar-refractivity contribution in [2.24, 2.45) is 11.8 Å². The molecule has 0 radical (unpaired) electrons. The first-order valence-electron chi connectivity index (χ1n) is 10.4. The molecule has 30 heavy (non-hydrogen) atoms. The monoisotopic (exact) mass is 486 g/mol. The second-order valence-corrected chi connectivity index (χ2v) is 10.6. The molecule has 0 saturated carbocycles. The normalized spacial score (nSPS) is 36.0. The molecule has 0 aliphatic carbocycles. The Morgan fingerprint density at radius 2 is 2.10 bits per heavy atom. The summed E-state index contributed by atoms with van der Waals surface area (Å²) in [5.41, 5.74) is -1.78. The summed E-state index contributed by atoms with van der Waals surface area (Å²) < 4.78 is 6.24. The van der Waals surface area contributed by atoms with Crippen molar-refractivity contribution in [1.82, 2.24) is 9.80 Å². The van der Waals surface area contributed by atoms with E-state index in [0.717, 1.165) is 0 Å². The number of alkyl halides is 1. The average molecular weight is 487 g/mol. The Morgan fingerprint density at radius 3 is 2.57 bits per heavy atom. The van der Waals surface area contributed by atoms with Crippen molar-refractivity contribution in [1.29, 1.82) is 0 Å². The average Bonchev–Trinajstić information content (AvgIpc) is 3.23. The van der Waals surface area contributed by atoms with Gasteiger partial charge in [0.25, 0.3) is 0 Å². The van der Waals surface area contributed by atoms with E-state index < -0.39 is 53.0 Å². The fourth-order valence-electron chi connectivity index (χ4n) is 5.41. The number of rotatable bonds is 7. The molecule has 2 bridgehead atoms. The number of aliphatic hydroxyl groups is 1. The first kappa shape index (κ1) is 23.2. The van der Waals surface area contributed by atoms with Crippen LogP contribution >= 0.6 is 15.9 Å². The number of carboxylic acids is 1. The quantitative estimate of drug-likeness (QED) is 0.416. The lowest BCUT2D eigenvalue weighted by molar-refractivity contribution is -0.155. The van der Waals surface area contributed by atoms with Crippen molar-refractivity contribution < 1.29 is 29.3 Å². The Labute approximate surface area is 185 Å². The van der Waals surface area contributed by atoms with Crippen molar-refractivity contribution in [3.05, 3.63) is 12.7 Å². The van der Waals surface area contributed by atoms with Gasteiger partial charge < -0.3 is 24.7 Å². The zero-order chi connectivity index (χ0) is 22.6. The van der Waals surface area contributed by atoms with Gasteiger partial charge in [-0.2, -0.15) is 0 Å². The van der Waals surface area contributed by atoms with Gasteiger partial charge in [0.05, 0.1) is 30.6 Å². The van der Waals surface area contributed by atoms with Gasteiger partial charge in [-0.15, -0.1) is 6.58 Å². The Bertz CT molecular complexity index is 748. The minimum absolute atomic E-state index is 0.269. The van der Waals surface area contributed by atoms with Crippen LogP contribution in [0.1, 0.15) is 40.5 Å². The Morgan fingerprint density at radius 1 is 1.47 bits per heavy atom. The zero-order valence-corrected chi connectivity index (χ0v) is 19.5. The molecule has 3 heterocycles. The molecule has 8 nitrogen and oxygen atoms in total. The molecule has 7 atom stereocenters. The zero-order valence-electron chi connectivity index (χ0n) is 17.9. The number of carboxylic acid groups (broad SMARTS) is 1. The van der Waals surface area contributed by atoms with Crippen molar-refractivity contribution in [2.45, 2.75) is 74.7 Å². The first-order chi connectivity index (χ1) is 14.0. The van der Waals surface area contributed by atoms with E-state index in [1.165, 1.54) is 4.90 Å². The van der Waals surface area contributed by atoms with Gasteiger partial charge in [0, 0.05) is 16.9 Å². The number of carbonyl (C=O) groups excluding carboxylic acids is 2. The summed E-state index contributed by atoms with van der Waals surface area (Å²) in [7, 11) is 0. The molecule has 0 aromatic heterocycles. The summed E-state index contributed by atoms with van der Waals surface area (Å²) >= 11 is 3.52. The number of nitrogens with zero attached hydrogens (tertiary/aromatic N) is 2. The van der Waals surface area contributed by atoms with Crippen molar-refractivity contribution in [2.75, 3.05) is 13.2 Å². The topological polar surface area (TPSA) is 107 Å². The van der Waals surface area contributed by atoms with Crippen LogP contribution in [-0.4, -0.2) is 85.1 Å². The maximum atomic E-state index is 13.9. The molecule has 2 amide bonds. The number of carbonyl (C=O) groups is 3. The number of hydrogen-bond acceptors (Lipinski definition) is 5. The van der Waals surface area contributed by atoms with Crippen LogP contribution in [0.3, 0.4) is 0 Å². The summed E-state index contributed by atoms with van der Waals surface area (Å²) in [4.78, 5) is 42.4. The predicted octanol–water partition coefficient (Wildman–Crippen LogP) is 1.40. The van der Waals surface area contributed by atoms with Gasteiger partial charge in [-0.25, -0.2) is 0 Å². The summed E-state index contributed by atoms with van der Waals surface area (Å²) in [5.74, 6) is -3.82. The van der Waals surface area contributed by atoms with Crippen LogP contribution in [0.2, 0.25) is 0 Å². The molecule has 3 fully saturated rings. The van der Waals surface area contributed by atoms with Gasteiger partial charge in [0.15, 0.2) is 0 Å². The largest absolute Gasteiger partial charge is 0.481 e. The fraction of sp³-hybridized carbons (Fsp3) is 0.762. The summed E-state index contributed by atoms with van der Waals surface area (Å²) in [5, 5.41) is 19.8. The Kier molecular flexibility index (Phi) is 6.12. The third-order valence-corrected chi connectivity index (χ3v) is 7.55. The minimum Gasteiger partial charge on any atom is -0.481 e. The number of aliphatic carboxylic acids is 1. The van der Waals surface area contributed by atoms with E-state index in [2.05, 4.69) is 22.5 Å². The lowest BCUT2D eigenvalue weighted by atomic mass is 9.70. The van der Waals surface area contributed by atoms with Crippen LogP contribution in [-0.2, 0) is 19.1 Å². The first-order valence-corrected chi connectivity index (χ1v) is 11.3. The standard InChI is InChI=1S/C21H31BrN2O6/c1-6-8-23(20(3,4)5)18(27)16-21-9-12(22)15(30-21)13(19(28)29)14(21)17(26)24(16)11(7-2)10-25/h6,11-16,25H,1,7-10H2,2-5H3,(H,28,29)/t11-,12?,13+,14-,15+,16?,21?/m0/s1. The Hall–Kier alpha value is -1.45. The van der Waals surface area contributed by atoms with Crippen molar-refractivity contribution in [3.63, 3.8) is 0 Å². The summed E-state index contributed by atoms with van der Waals surface area (Å²) in [6.45, 7) is 11.2. The maximum absolute atomic E-state index is 13.9. The number of likely N-dealkylation sites (tertiary alicyclic amines) is 1. The van der Waals surface area contributed by atoms with Crippen molar-refractivity contribution >= 4 is 33.7 Å². The van der Waals surface area contributed by atoms with E-state index in [-0.39, 0.29) is 23.9 Å². The van der Waals surface area contributed by atoms with Crippen molar-refractivity contribution in [3.8, 4) is 0 Å². The fourth-order valence-corrected chi connectivity index (χ4v) is 6.35. The number of amides is 2. The predicted molar refractivity (Wildman–Crippen MR) is 113 cm³/mol. The molecule has 3 aliphatic heterocycles. The molecule has 2 N–H and O–H groups in total. The molecule has 3 aliphatic rings. The van der Waals surface area contributed by atoms with E-state index in [1.54, 1.807) is 11.0 Å². The lowest BCUT2D eigenvalue weighted by Gasteiger charge is -2.43. The SMILES string of the molecule is C=CCN(C(=O)C1N([C@@H](CC)CO)C(=O)[C@@H]2[C@@H](C(=O)O)[C@@H]3OC12CC3Br)C(C)(C)C. The molecule has 1 spiro atoms. The number of halogens is 1. The molecular weight excluding hydrogens is 456 g/mol. The third-order valence-electron chi connectivity index (χ3n) is 6.71. The van der Waals surface area contributed by atoms with Crippen LogP contribution in [0.5, 0.6) is 0 Å². The molecule has 9 heteroatoms.